The summed E-state index contributed by atoms with van der Waals surface area (Å²) in [5.41, 5.74) is 7.70. The first-order chi connectivity index (χ1) is 18.8. The maximum Gasteiger partial charge on any atom is 0.186 e. The van der Waals surface area contributed by atoms with E-state index in [1.54, 1.807) is 0 Å². The average molecular weight is 533 g/mol. The van der Waals surface area contributed by atoms with Gasteiger partial charge in [-0.3, -0.25) is 4.79 Å². The molecule has 0 fully saturated rings. The van der Waals surface area contributed by atoms with Crippen molar-refractivity contribution >= 4 is 11.9 Å². The predicted octanol–water partition coefficient (Wildman–Crippen LogP) is 11.5. The second-order valence-corrected chi connectivity index (χ2v) is 11.3. The Morgan fingerprint density at radius 2 is 1.15 bits per heavy atom. The number of phenols is 1. The van der Waals surface area contributed by atoms with Gasteiger partial charge in [0.1, 0.15) is 5.75 Å². The summed E-state index contributed by atoms with van der Waals surface area (Å²) in [7, 11) is 0. The van der Waals surface area contributed by atoms with Crippen LogP contribution in [0.3, 0.4) is 0 Å². The van der Waals surface area contributed by atoms with Crippen LogP contribution in [-0.4, -0.2) is 10.9 Å². The molecule has 216 valence electrons. The molecule has 2 heteroatoms. The van der Waals surface area contributed by atoms with Crippen molar-refractivity contribution in [3.63, 3.8) is 0 Å². The van der Waals surface area contributed by atoms with E-state index in [0.717, 1.165) is 80.0 Å². The van der Waals surface area contributed by atoms with E-state index >= 15 is 0 Å². The van der Waals surface area contributed by atoms with Crippen LogP contribution in [0.25, 0.3) is 6.08 Å². The maximum absolute atomic E-state index is 14.2. The number of carbonyl (C=O) groups is 1. The maximum atomic E-state index is 14.2. The molecule has 2 aromatic carbocycles. The average Bonchev–Trinajstić information content (AvgIpc) is 2.96. The Morgan fingerprint density at radius 3 is 1.64 bits per heavy atom. The molecule has 0 aliphatic carbocycles. The highest BCUT2D eigenvalue weighted by molar-refractivity contribution is 6.08. The first-order valence-corrected chi connectivity index (χ1v) is 16.0. The fourth-order valence-electron chi connectivity index (χ4n) is 6.56. The van der Waals surface area contributed by atoms with Crippen molar-refractivity contribution in [2.75, 3.05) is 0 Å². The van der Waals surface area contributed by atoms with Gasteiger partial charge in [-0.1, -0.05) is 86.6 Å². The number of ketones is 1. The van der Waals surface area contributed by atoms with Crippen LogP contribution in [0, 0.1) is 0 Å². The summed E-state index contributed by atoms with van der Waals surface area (Å²) in [6.45, 7) is 19.9. The topological polar surface area (TPSA) is 37.3 Å². The van der Waals surface area contributed by atoms with Crippen LogP contribution >= 0.6 is 0 Å². The molecule has 0 spiro atoms. The molecule has 0 aliphatic rings. The monoisotopic (exact) mass is 532 g/mol. The van der Waals surface area contributed by atoms with Crippen molar-refractivity contribution in [3.05, 3.63) is 69.3 Å². The summed E-state index contributed by atoms with van der Waals surface area (Å²) in [5, 5.41) is 11.8. The first-order valence-electron chi connectivity index (χ1n) is 16.0. The molecular weight excluding hydrogens is 476 g/mol. The number of carbonyl (C=O) groups excluding carboxylic acids is 1. The number of allylic oxidation sites excluding steroid dienone is 1. The normalized spacial score (nSPS) is 12.1. The van der Waals surface area contributed by atoms with E-state index in [2.05, 4.69) is 92.7 Å². The minimum atomic E-state index is 0.0636. The minimum absolute atomic E-state index is 0.0636. The summed E-state index contributed by atoms with van der Waals surface area (Å²) >= 11 is 0. The van der Waals surface area contributed by atoms with Gasteiger partial charge < -0.3 is 5.11 Å². The summed E-state index contributed by atoms with van der Waals surface area (Å²) in [6, 6.07) is 8.83. The van der Waals surface area contributed by atoms with Gasteiger partial charge in [0, 0.05) is 11.1 Å². The van der Waals surface area contributed by atoms with Crippen molar-refractivity contribution in [2.45, 2.75) is 144 Å². The Labute approximate surface area is 240 Å². The van der Waals surface area contributed by atoms with Crippen molar-refractivity contribution in [3.8, 4) is 5.75 Å². The lowest BCUT2D eigenvalue weighted by molar-refractivity contribution is 0.104. The number of phenolic OH excluding ortho intramolecular Hbond substituents is 1. The number of hydrogen-bond acceptors (Lipinski definition) is 2. The van der Waals surface area contributed by atoms with E-state index in [1.807, 2.05) is 6.08 Å². The lowest BCUT2D eigenvalue weighted by atomic mass is 9.75. The van der Waals surface area contributed by atoms with Crippen molar-refractivity contribution in [1.82, 2.24) is 0 Å². The molecule has 2 rings (SSSR count). The third kappa shape index (κ3) is 7.44. The number of aromatic hydroxyl groups is 1. The summed E-state index contributed by atoms with van der Waals surface area (Å²) < 4.78 is 0. The Morgan fingerprint density at radius 1 is 0.667 bits per heavy atom. The van der Waals surface area contributed by atoms with E-state index in [1.165, 1.54) is 16.7 Å². The Hall–Kier alpha value is -2.35. The highest BCUT2D eigenvalue weighted by atomic mass is 16.3. The second kappa shape index (κ2) is 16.0. The number of rotatable bonds is 16. The van der Waals surface area contributed by atoms with E-state index in [9.17, 15) is 9.90 Å². The third-order valence-corrected chi connectivity index (χ3v) is 9.29. The Balaban J connectivity index is 2.84. The fraction of sp³-hybridized carbons (Fsp3) is 0.595. The second-order valence-electron chi connectivity index (χ2n) is 11.3. The molecule has 2 nitrogen and oxygen atoms in total. The van der Waals surface area contributed by atoms with Crippen molar-refractivity contribution in [1.29, 1.82) is 0 Å². The zero-order chi connectivity index (χ0) is 29.1. The largest absolute Gasteiger partial charge is 0.507 e. The van der Waals surface area contributed by atoms with E-state index in [4.69, 9.17) is 0 Å². The highest BCUT2D eigenvalue weighted by Gasteiger charge is 2.29. The van der Waals surface area contributed by atoms with Gasteiger partial charge in [-0.25, -0.2) is 0 Å². The van der Waals surface area contributed by atoms with Gasteiger partial charge in [-0.05, 0) is 121 Å². The summed E-state index contributed by atoms with van der Waals surface area (Å²) in [6.07, 6.45) is 12.7. The van der Waals surface area contributed by atoms with Crippen LogP contribution in [0.15, 0.2) is 30.3 Å². The third-order valence-electron chi connectivity index (χ3n) is 9.29. The summed E-state index contributed by atoms with van der Waals surface area (Å²) in [5.74, 6) is 1.74. The molecule has 0 amide bonds. The van der Waals surface area contributed by atoms with Gasteiger partial charge >= 0.3 is 0 Å². The molecule has 0 saturated carbocycles. The zero-order valence-electron chi connectivity index (χ0n) is 26.5. The van der Waals surface area contributed by atoms with Crippen LogP contribution in [0.4, 0.5) is 0 Å². The van der Waals surface area contributed by atoms with Gasteiger partial charge in [0.25, 0.3) is 0 Å². The number of aryl methyl sites for hydroxylation is 1. The van der Waals surface area contributed by atoms with Gasteiger partial charge in [0.05, 0.1) is 0 Å². The molecule has 39 heavy (non-hydrogen) atoms. The Kier molecular flexibility index (Phi) is 13.5. The van der Waals surface area contributed by atoms with E-state index < -0.39 is 0 Å². The molecule has 0 unspecified atom stereocenters. The van der Waals surface area contributed by atoms with E-state index in [0.29, 0.717) is 11.7 Å². The van der Waals surface area contributed by atoms with Crippen molar-refractivity contribution < 1.29 is 9.90 Å². The zero-order valence-corrected chi connectivity index (χ0v) is 26.5. The van der Waals surface area contributed by atoms with E-state index in [-0.39, 0.29) is 23.5 Å². The quantitative estimate of drug-likeness (QED) is 0.172. The molecule has 0 aliphatic heterocycles. The smallest absolute Gasteiger partial charge is 0.186 e. The fourth-order valence-corrected chi connectivity index (χ4v) is 6.56. The van der Waals surface area contributed by atoms with Crippen LogP contribution in [0.5, 0.6) is 5.75 Å². The SMILES string of the molecule is CCc1ccc(C(CC)CC)c(/C=C/C(=O)c2cc(C(CC)CC)c(O)c(C(CC)CC)c2C(CC)CC)c1. The number of hydrogen-bond donors (Lipinski definition) is 1. The number of benzene rings is 2. The molecule has 0 saturated heterocycles. The van der Waals surface area contributed by atoms with Gasteiger partial charge in [0.2, 0.25) is 0 Å². The van der Waals surface area contributed by atoms with Gasteiger partial charge in [-0.2, -0.15) is 0 Å². The molecule has 0 bridgehead atoms. The molecule has 0 atom stereocenters. The molecule has 0 aromatic heterocycles. The molecule has 2 aromatic rings. The minimum Gasteiger partial charge on any atom is -0.507 e. The van der Waals surface area contributed by atoms with Crippen molar-refractivity contribution in [2.24, 2.45) is 0 Å². The highest BCUT2D eigenvalue weighted by Crippen LogP contribution is 2.46. The standard InChI is InChI=1S/C37H56O2/c1-10-25-19-21-31(26(11-2)12-3)30(23-25)20-22-34(38)33-24-32(27(13-4)14-5)37(39)36(29(17-8)18-9)35(33)28(15-6)16-7/h19-24,26-29,39H,10-18H2,1-9H3/b22-20+. The lowest BCUT2D eigenvalue weighted by Crippen LogP contribution is -2.15. The van der Waals surface area contributed by atoms with Crippen LogP contribution in [0.1, 0.15) is 181 Å². The van der Waals surface area contributed by atoms with Crippen LogP contribution < -0.4 is 0 Å². The lowest BCUT2D eigenvalue weighted by Gasteiger charge is -2.29. The molecular formula is C37H56O2. The van der Waals surface area contributed by atoms with Gasteiger partial charge in [-0.15, -0.1) is 0 Å². The van der Waals surface area contributed by atoms with Crippen LogP contribution in [-0.2, 0) is 6.42 Å². The molecule has 0 heterocycles. The first kappa shape index (κ1) is 32.9. The van der Waals surface area contributed by atoms with Gasteiger partial charge in [0.15, 0.2) is 5.78 Å². The predicted molar refractivity (Wildman–Crippen MR) is 171 cm³/mol. The molecule has 1 N–H and O–H groups in total. The van der Waals surface area contributed by atoms with Crippen LogP contribution in [0.2, 0.25) is 0 Å². The Bertz CT molecular complexity index is 1080. The molecule has 0 radical (unpaired) electrons. The summed E-state index contributed by atoms with van der Waals surface area (Å²) in [4.78, 5) is 14.2.